The van der Waals surface area contributed by atoms with Crippen LogP contribution in [0.25, 0.3) is 11.4 Å². The smallest absolute Gasteiger partial charge is 0.233 e. The number of nitrogens with zero attached hydrogens (tertiary/aromatic N) is 3. The van der Waals surface area contributed by atoms with Crippen LogP contribution >= 0.6 is 11.8 Å². The average Bonchev–Trinajstić information content (AvgIpc) is 3.09. The highest BCUT2D eigenvalue weighted by Crippen LogP contribution is 2.22. The van der Waals surface area contributed by atoms with E-state index in [0.717, 1.165) is 30.8 Å². The first kappa shape index (κ1) is 16.8. The molecule has 0 spiro atoms. The molecule has 0 radical (unpaired) electrons. The van der Waals surface area contributed by atoms with Crippen molar-refractivity contribution in [1.82, 2.24) is 20.1 Å². The lowest BCUT2D eigenvalue weighted by molar-refractivity contribution is -0.130. The summed E-state index contributed by atoms with van der Waals surface area (Å²) in [5, 5.41) is 7.71. The molecule has 1 saturated heterocycles. The third-order valence-corrected chi connectivity index (χ3v) is 4.99. The number of thioether (sulfide) groups is 1. The fourth-order valence-corrected chi connectivity index (χ4v) is 3.52. The second-order valence-corrected chi connectivity index (χ2v) is 7.01. The zero-order valence-corrected chi connectivity index (χ0v) is 14.8. The number of benzene rings is 1. The molecule has 1 aliphatic heterocycles. The number of carbonyl (C=O) groups excluding carboxylic acids is 1. The van der Waals surface area contributed by atoms with Gasteiger partial charge >= 0.3 is 0 Å². The molecule has 1 atom stereocenters. The number of nitrogens with one attached hydrogen (secondary N) is 1. The van der Waals surface area contributed by atoms with Gasteiger partial charge in [-0.1, -0.05) is 18.7 Å². The molecule has 0 bridgehead atoms. The molecule has 1 aliphatic rings. The summed E-state index contributed by atoms with van der Waals surface area (Å²) in [5.74, 6) is 2.64. The Bertz CT molecular complexity index is 686. The normalized spacial score (nSPS) is 17.8. The number of hydrogen-bond acceptors (Lipinski definition) is 5. The number of piperidine rings is 1. The third-order valence-electron chi connectivity index (χ3n) is 4.16. The van der Waals surface area contributed by atoms with E-state index in [1.807, 2.05) is 29.2 Å². The van der Waals surface area contributed by atoms with E-state index in [-0.39, 0.29) is 5.91 Å². The minimum absolute atomic E-state index is 0.169. The second-order valence-electron chi connectivity index (χ2n) is 6.07. The minimum Gasteiger partial charge on any atom is -0.497 e. The van der Waals surface area contributed by atoms with Crippen molar-refractivity contribution in [2.75, 3.05) is 26.0 Å². The van der Waals surface area contributed by atoms with Gasteiger partial charge in [-0.05, 0) is 43.0 Å². The van der Waals surface area contributed by atoms with Crippen LogP contribution in [0.15, 0.2) is 29.4 Å². The second kappa shape index (κ2) is 7.70. The van der Waals surface area contributed by atoms with E-state index in [1.165, 1.54) is 18.2 Å². The van der Waals surface area contributed by atoms with Crippen molar-refractivity contribution in [1.29, 1.82) is 0 Å². The van der Waals surface area contributed by atoms with Gasteiger partial charge in [0.15, 0.2) is 5.82 Å². The zero-order valence-electron chi connectivity index (χ0n) is 14.0. The fraction of sp³-hybridized carbons (Fsp3) is 0.471. The molecule has 1 aromatic carbocycles. The van der Waals surface area contributed by atoms with E-state index in [2.05, 4.69) is 22.1 Å². The predicted octanol–water partition coefficient (Wildman–Crippen LogP) is 2.83. The summed E-state index contributed by atoms with van der Waals surface area (Å²) in [7, 11) is 1.64. The molecule has 2 heterocycles. The minimum atomic E-state index is 0.169. The van der Waals surface area contributed by atoms with Crippen LogP contribution in [0.1, 0.15) is 19.8 Å². The maximum Gasteiger partial charge on any atom is 0.233 e. The Morgan fingerprint density at radius 2 is 2.21 bits per heavy atom. The van der Waals surface area contributed by atoms with Gasteiger partial charge < -0.3 is 9.64 Å². The average molecular weight is 346 g/mol. The van der Waals surface area contributed by atoms with Crippen LogP contribution in [0, 0.1) is 5.92 Å². The fourth-order valence-electron chi connectivity index (χ4n) is 2.82. The Balaban J connectivity index is 1.56. The largest absolute Gasteiger partial charge is 0.497 e. The standard InChI is InChI=1S/C17H22N4O2S/c1-12-4-3-9-21(10-12)15(22)11-24-17-18-16(19-20-17)13-5-7-14(23-2)8-6-13/h5-8,12H,3-4,9-11H2,1-2H3,(H,18,19,20)/t12-/m1/s1. The number of likely N-dealkylation sites (tertiary alicyclic amines) is 1. The van der Waals surface area contributed by atoms with Crippen molar-refractivity contribution in [2.45, 2.75) is 24.9 Å². The van der Waals surface area contributed by atoms with Crippen LogP contribution in [-0.2, 0) is 4.79 Å². The van der Waals surface area contributed by atoms with Crippen molar-refractivity contribution in [3.63, 3.8) is 0 Å². The van der Waals surface area contributed by atoms with Crippen LogP contribution < -0.4 is 4.74 Å². The number of methoxy groups -OCH3 is 1. The highest BCUT2D eigenvalue weighted by molar-refractivity contribution is 7.99. The molecular weight excluding hydrogens is 324 g/mol. The summed E-state index contributed by atoms with van der Waals surface area (Å²) >= 11 is 1.38. The number of H-pyrrole nitrogens is 1. The van der Waals surface area contributed by atoms with Crippen LogP contribution in [0.2, 0.25) is 0 Å². The Kier molecular flexibility index (Phi) is 5.40. The Labute approximate surface area is 146 Å². The van der Waals surface area contributed by atoms with Crippen molar-refractivity contribution in [3.05, 3.63) is 24.3 Å². The molecule has 1 aromatic heterocycles. The van der Waals surface area contributed by atoms with E-state index < -0.39 is 0 Å². The van der Waals surface area contributed by atoms with Gasteiger partial charge in [0, 0.05) is 18.7 Å². The molecule has 1 N–H and O–H groups in total. The maximum absolute atomic E-state index is 12.3. The quantitative estimate of drug-likeness (QED) is 0.843. The van der Waals surface area contributed by atoms with Crippen LogP contribution in [0.3, 0.4) is 0 Å². The monoisotopic (exact) mass is 346 g/mol. The van der Waals surface area contributed by atoms with Crippen LogP contribution in [0.5, 0.6) is 5.75 Å². The van der Waals surface area contributed by atoms with Gasteiger partial charge in [-0.15, -0.1) is 5.10 Å². The maximum atomic E-state index is 12.3. The van der Waals surface area contributed by atoms with Gasteiger partial charge in [-0.2, -0.15) is 0 Å². The summed E-state index contributed by atoms with van der Waals surface area (Å²) in [6.07, 6.45) is 2.31. The molecule has 2 aromatic rings. The van der Waals surface area contributed by atoms with Crippen molar-refractivity contribution in [3.8, 4) is 17.1 Å². The molecule has 3 rings (SSSR count). The molecule has 1 amide bonds. The van der Waals surface area contributed by atoms with Gasteiger partial charge in [0.25, 0.3) is 0 Å². The first-order valence-corrected chi connectivity index (χ1v) is 9.11. The lowest BCUT2D eigenvalue weighted by atomic mass is 10.0. The number of aromatic amines is 1. The van der Waals surface area contributed by atoms with Crippen LogP contribution in [-0.4, -0.2) is 51.9 Å². The van der Waals surface area contributed by atoms with E-state index in [9.17, 15) is 4.79 Å². The third kappa shape index (κ3) is 4.08. The van der Waals surface area contributed by atoms with E-state index in [0.29, 0.717) is 22.7 Å². The van der Waals surface area contributed by atoms with Gasteiger partial charge in [-0.25, -0.2) is 4.98 Å². The highest BCUT2D eigenvalue weighted by atomic mass is 32.2. The molecule has 0 unspecified atom stereocenters. The number of ether oxygens (including phenoxy) is 1. The summed E-state index contributed by atoms with van der Waals surface area (Å²) in [5.41, 5.74) is 0.936. The molecule has 6 nitrogen and oxygen atoms in total. The molecule has 7 heteroatoms. The lowest BCUT2D eigenvalue weighted by Crippen LogP contribution is -2.40. The first-order valence-electron chi connectivity index (χ1n) is 8.13. The van der Waals surface area contributed by atoms with E-state index in [4.69, 9.17) is 4.74 Å². The van der Waals surface area contributed by atoms with E-state index >= 15 is 0 Å². The number of amides is 1. The summed E-state index contributed by atoms with van der Waals surface area (Å²) in [6, 6.07) is 7.61. The number of rotatable bonds is 5. The summed E-state index contributed by atoms with van der Waals surface area (Å²) < 4.78 is 5.15. The molecule has 0 saturated carbocycles. The number of aromatic nitrogens is 3. The number of hydrogen-bond donors (Lipinski definition) is 1. The predicted molar refractivity (Wildman–Crippen MR) is 94.1 cm³/mol. The Hall–Kier alpha value is -2.02. The Morgan fingerprint density at radius 3 is 2.92 bits per heavy atom. The SMILES string of the molecule is COc1ccc(-c2nc(SCC(=O)N3CCC[C@@H](C)C3)n[nH]2)cc1. The molecule has 0 aliphatic carbocycles. The molecule has 1 fully saturated rings. The van der Waals surface area contributed by atoms with Crippen molar-refractivity contribution >= 4 is 17.7 Å². The van der Waals surface area contributed by atoms with Crippen LogP contribution in [0.4, 0.5) is 0 Å². The molecule has 128 valence electrons. The molecule has 24 heavy (non-hydrogen) atoms. The number of carbonyl (C=O) groups is 1. The highest BCUT2D eigenvalue weighted by Gasteiger charge is 2.21. The molecular formula is C17H22N4O2S. The van der Waals surface area contributed by atoms with E-state index in [1.54, 1.807) is 7.11 Å². The van der Waals surface area contributed by atoms with Gasteiger partial charge in [0.1, 0.15) is 5.75 Å². The zero-order chi connectivity index (χ0) is 16.9. The van der Waals surface area contributed by atoms with Gasteiger partial charge in [0.2, 0.25) is 11.1 Å². The first-order chi connectivity index (χ1) is 11.7. The van der Waals surface area contributed by atoms with Gasteiger partial charge in [-0.3, -0.25) is 9.89 Å². The summed E-state index contributed by atoms with van der Waals surface area (Å²) in [4.78, 5) is 18.7. The van der Waals surface area contributed by atoms with Crippen molar-refractivity contribution < 1.29 is 9.53 Å². The summed E-state index contributed by atoms with van der Waals surface area (Å²) in [6.45, 7) is 3.93. The lowest BCUT2D eigenvalue weighted by Gasteiger charge is -2.30. The topological polar surface area (TPSA) is 71.1 Å². The van der Waals surface area contributed by atoms with Gasteiger partial charge in [0.05, 0.1) is 12.9 Å². The Morgan fingerprint density at radius 1 is 1.42 bits per heavy atom. The van der Waals surface area contributed by atoms with Crippen molar-refractivity contribution in [2.24, 2.45) is 5.92 Å².